The Bertz CT molecular complexity index is 837. The van der Waals surface area contributed by atoms with Crippen LogP contribution in [0.4, 0.5) is 0 Å². The number of β-lactam (4-membered cyclic amide) rings is 1. The normalized spacial score (nSPS) is 23.5. The number of imidazole rings is 1. The van der Waals surface area contributed by atoms with Gasteiger partial charge in [0.15, 0.2) is 0 Å². The standard InChI is InChI=1S/C14H12N4O4S.Na.H/c1-16-4-10-15-7(3-17(10)5-11(16)19)2-8-12(20)18-9(14(21)22)6-23-13(8)18;;/h2-3,6,13H,4-5H2,1H3,(H,21,22);;/q;+1;-1. The molecule has 0 saturated carbocycles. The van der Waals surface area contributed by atoms with Gasteiger partial charge in [-0.3, -0.25) is 14.5 Å². The van der Waals surface area contributed by atoms with Gasteiger partial charge in [0.2, 0.25) is 5.91 Å². The Morgan fingerprint density at radius 2 is 2.21 bits per heavy atom. The van der Waals surface area contributed by atoms with E-state index in [2.05, 4.69) is 4.98 Å². The molecule has 0 aliphatic carbocycles. The van der Waals surface area contributed by atoms with Gasteiger partial charge in [-0.25, -0.2) is 9.78 Å². The summed E-state index contributed by atoms with van der Waals surface area (Å²) in [7, 11) is 1.72. The number of thioether (sulfide) groups is 1. The number of aromatic nitrogens is 2. The van der Waals surface area contributed by atoms with E-state index in [0.717, 1.165) is 5.82 Å². The topological polar surface area (TPSA) is 95.7 Å². The molecule has 0 bridgehead atoms. The molecule has 1 aromatic heterocycles. The number of rotatable bonds is 2. The van der Waals surface area contributed by atoms with E-state index in [4.69, 9.17) is 5.11 Å². The van der Waals surface area contributed by atoms with Crippen molar-refractivity contribution < 1.29 is 50.5 Å². The molecule has 3 aliphatic heterocycles. The van der Waals surface area contributed by atoms with E-state index < -0.39 is 5.97 Å². The van der Waals surface area contributed by atoms with E-state index in [1.165, 1.54) is 22.1 Å². The minimum Gasteiger partial charge on any atom is -1.00 e. The predicted molar refractivity (Wildman–Crippen MR) is 81.7 cm³/mol. The molecule has 0 radical (unpaired) electrons. The maximum absolute atomic E-state index is 12.2. The van der Waals surface area contributed by atoms with Crippen molar-refractivity contribution >= 4 is 35.6 Å². The first-order valence-corrected chi connectivity index (χ1v) is 7.84. The molecule has 10 heteroatoms. The molecule has 1 saturated heterocycles. The van der Waals surface area contributed by atoms with E-state index in [-0.39, 0.29) is 60.4 Å². The van der Waals surface area contributed by atoms with Crippen LogP contribution in [0.2, 0.25) is 0 Å². The van der Waals surface area contributed by atoms with Crippen molar-refractivity contribution in [2.75, 3.05) is 7.05 Å². The van der Waals surface area contributed by atoms with Crippen LogP contribution >= 0.6 is 11.8 Å². The zero-order valence-corrected chi connectivity index (χ0v) is 15.9. The van der Waals surface area contributed by atoms with E-state index in [1.54, 1.807) is 28.8 Å². The third-order valence-corrected chi connectivity index (χ3v) is 5.13. The minimum atomic E-state index is -1.11. The number of fused-ring (bicyclic) bond motifs is 2. The molecule has 4 heterocycles. The Kier molecular flexibility index (Phi) is 4.37. The Morgan fingerprint density at radius 3 is 2.92 bits per heavy atom. The van der Waals surface area contributed by atoms with Gasteiger partial charge in [-0.2, -0.15) is 0 Å². The van der Waals surface area contributed by atoms with E-state index >= 15 is 0 Å². The van der Waals surface area contributed by atoms with Crippen LogP contribution < -0.4 is 29.6 Å². The number of nitrogens with zero attached hydrogens (tertiary/aromatic N) is 4. The van der Waals surface area contributed by atoms with Gasteiger partial charge in [-0.05, 0) is 6.08 Å². The molecule has 120 valence electrons. The summed E-state index contributed by atoms with van der Waals surface area (Å²) in [5, 5.41) is 10.2. The van der Waals surface area contributed by atoms with E-state index in [1.807, 2.05) is 0 Å². The van der Waals surface area contributed by atoms with Crippen molar-refractivity contribution in [3.05, 3.63) is 34.4 Å². The van der Waals surface area contributed by atoms with Gasteiger partial charge in [-0.1, -0.05) is 0 Å². The van der Waals surface area contributed by atoms with E-state index in [0.29, 0.717) is 17.8 Å². The number of likely N-dealkylation sites (N-methyl/N-ethyl adjacent to an activating group) is 1. The Balaban J connectivity index is 0.00000113. The van der Waals surface area contributed by atoms with Gasteiger partial charge in [0.25, 0.3) is 5.91 Å². The maximum Gasteiger partial charge on any atom is 1.00 e. The fourth-order valence-electron chi connectivity index (χ4n) is 2.80. The Labute approximate surface area is 165 Å². The first-order chi connectivity index (χ1) is 11.0. The molecule has 1 aromatic rings. The first-order valence-electron chi connectivity index (χ1n) is 6.90. The summed E-state index contributed by atoms with van der Waals surface area (Å²) in [4.78, 5) is 42.2. The van der Waals surface area contributed by atoms with Crippen molar-refractivity contribution in [2.45, 2.75) is 18.5 Å². The van der Waals surface area contributed by atoms with Crippen molar-refractivity contribution in [3.63, 3.8) is 0 Å². The quantitative estimate of drug-likeness (QED) is 0.349. The third kappa shape index (κ3) is 2.52. The number of hydrogen-bond donors (Lipinski definition) is 1. The fourth-order valence-corrected chi connectivity index (χ4v) is 3.92. The average molecular weight is 356 g/mol. The second-order valence-corrected chi connectivity index (χ2v) is 6.49. The van der Waals surface area contributed by atoms with Crippen LogP contribution in [0.3, 0.4) is 0 Å². The van der Waals surface area contributed by atoms with E-state index in [9.17, 15) is 14.4 Å². The van der Waals surface area contributed by atoms with Gasteiger partial charge in [-0.15, -0.1) is 11.8 Å². The zero-order valence-electron chi connectivity index (χ0n) is 14.1. The second-order valence-electron chi connectivity index (χ2n) is 5.53. The molecule has 8 nitrogen and oxygen atoms in total. The van der Waals surface area contributed by atoms with Crippen LogP contribution in [0, 0.1) is 0 Å². The third-order valence-electron chi connectivity index (χ3n) is 4.04. The molecular weight excluding hydrogens is 343 g/mol. The summed E-state index contributed by atoms with van der Waals surface area (Å²) in [5.41, 5.74) is 1.15. The molecule has 24 heavy (non-hydrogen) atoms. The maximum atomic E-state index is 12.2. The number of carboxylic acid groups (broad SMARTS) is 1. The summed E-state index contributed by atoms with van der Waals surface area (Å²) >= 11 is 1.29. The molecule has 2 amide bonds. The molecule has 1 atom stereocenters. The molecule has 4 rings (SSSR count). The van der Waals surface area contributed by atoms with Gasteiger partial charge in [0.05, 0.1) is 17.8 Å². The summed E-state index contributed by atoms with van der Waals surface area (Å²) in [6, 6.07) is 0. The van der Waals surface area contributed by atoms with Crippen molar-refractivity contribution in [1.29, 1.82) is 0 Å². The van der Waals surface area contributed by atoms with Crippen LogP contribution in [0.15, 0.2) is 22.9 Å². The monoisotopic (exact) mass is 356 g/mol. The molecule has 1 unspecified atom stereocenters. The molecule has 0 aromatic carbocycles. The summed E-state index contributed by atoms with van der Waals surface area (Å²) in [5.74, 6) is -0.633. The average Bonchev–Trinajstić information content (AvgIpc) is 3.06. The SMILES string of the molecule is CN1Cc2nc(C=C3C(=O)N4C(C(=O)O)=CSC34)cn2CC1=O.[H-].[Na+]. The fraction of sp³-hybridized carbons (Fsp3) is 0.286. The summed E-state index contributed by atoms with van der Waals surface area (Å²) < 4.78 is 1.78. The summed E-state index contributed by atoms with van der Waals surface area (Å²) in [6.07, 6.45) is 3.42. The van der Waals surface area contributed by atoms with Gasteiger partial charge >= 0.3 is 35.5 Å². The number of amides is 2. The van der Waals surface area contributed by atoms with Crippen LogP contribution in [-0.2, 0) is 27.5 Å². The Hall–Kier alpha value is -1.55. The van der Waals surface area contributed by atoms with Crippen molar-refractivity contribution in [2.24, 2.45) is 0 Å². The first kappa shape index (κ1) is 17.3. The predicted octanol–water partition coefficient (Wildman–Crippen LogP) is -2.80. The van der Waals surface area contributed by atoms with Gasteiger partial charge in [0.1, 0.15) is 23.4 Å². The van der Waals surface area contributed by atoms with Crippen LogP contribution in [0.1, 0.15) is 12.9 Å². The van der Waals surface area contributed by atoms with Crippen LogP contribution in [0.5, 0.6) is 0 Å². The zero-order chi connectivity index (χ0) is 16.3. The van der Waals surface area contributed by atoms with Crippen LogP contribution in [-0.4, -0.2) is 54.7 Å². The smallest absolute Gasteiger partial charge is 1.00 e. The van der Waals surface area contributed by atoms with Gasteiger partial charge in [0, 0.05) is 18.7 Å². The second kappa shape index (κ2) is 6.07. The largest absolute Gasteiger partial charge is 1.00 e. The molecular formula is C14H13N4NaO4S. The van der Waals surface area contributed by atoms with Gasteiger partial charge < -0.3 is 16.0 Å². The minimum absolute atomic E-state index is 0. The molecule has 1 fully saturated rings. The number of hydrogen-bond acceptors (Lipinski definition) is 5. The number of carboxylic acids is 1. The number of carbonyl (C=O) groups is 3. The number of aliphatic carboxylic acids is 1. The molecule has 1 N–H and O–H groups in total. The Morgan fingerprint density at radius 1 is 1.46 bits per heavy atom. The van der Waals surface area contributed by atoms with Crippen molar-refractivity contribution in [1.82, 2.24) is 19.4 Å². The van der Waals surface area contributed by atoms with Crippen molar-refractivity contribution in [3.8, 4) is 0 Å². The molecule has 0 spiro atoms. The number of carbonyl (C=O) groups excluding carboxylic acids is 2. The summed E-state index contributed by atoms with van der Waals surface area (Å²) in [6.45, 7) is 0.677. The van der Waals surface area contributed by atoms with Crippen LogP contribution in [0.25, 0.3) is 6.08 Å². The molecule has 3 aliphatic rings.